The van der Waals surface area contributed by atoms with E-state index in [-0.39, 0.29) is 26.9 Å². The van der Waals surface area contributed by atoms with Gasteiger partial charge >= 0.3 is 5.97 Å². The number of rotatable bonds is 3. The van der Waals surface area contributed by atoms with Crippen molar-refractivity contribution in [3.05, 3.63) is 63.4 Å². The number of para-hydroxylation sites is 1. The molecule has 2 N–H and O–H groups in total. The zero-order valence-electron chi connectivity index (χ0n) is 10.4. The Morgan fingerprint density at radius 2 is 1.71 bits per heavy atom. The van der Waals surface area contributed by atoms with Crippen molar-refractivity contribution in [3.8, 4) is 0 Å². The van der Waals surface area contributed by atoms with Gasteiger partial charge in [0.05, 0.1) is 26.9 Å². The largest absolute Gasteiger partial charge is 0.478 e. The third-order valence-corrected chi connectivity index (χ3v) is 3.26. The van der Waals surface area contributed by atoms with Gasteiger partial charge in [-0.15, -0.1) is 0 Å². The number of benzene rings is 2. The summed E-state index contributed by atoms with van der Waals surface area (Å²) in [4.78, 5) is 23.1. The summed E-state index contributed by atoms with van der Waals surface area (Å²) in [6.45, 7) is 0. The zero-order valence-corrected chi connectivity index (χ0v) is 11.9. The Bertz CT molecular complexity index is 734. The van der Waals surface area contributed by atoms with Gasteiger partial charge in [0.25, 0.3) is 5.91 Å². The summed E-state index contributed by atoms with van der Waals surface area (Å²) in [7, 11) is 0. The Morgan fingerprint density at radius 1 is 1.05 bits per heavy atom. The van der Waals surface area contributed by atoms with Gasteiger partial charge in [-0.25, -0.2) is 9.18 Å². The molecule has 7 heteroatoms. The third-order valence-electron chi connectivity index (χ3n) is 2.66. The van der Waals surface area contributed by atoms with Crippen LogP contribution in [0.3, 0.4) is 0 Å². The van der Waals surface area contributed by atoms with Gasteiger partial charge in [0.1, 0.15) is 5.82 Å². The highest BCUT2D eigenvalue weighted by Crippen LogP contribution is 2.25. The summed E-state index contributed by atoms with van der Waals surface area (Å²) in [6, 6.07) is 7.84. The second-order valence-corrected chi connectivity index (χ2v) is 4.87. The number of carbonyl (C=O) groups is 2. The van der Waals surface area contributed by atoms with Crippen molar-refractivity contribution in [2.45, 2.75) is 0 Å². The van der Waals surface area contributed by atoms with E-state index in [2.05, 4.69) is 5.32 Å². The standard InChI is InChI=1S/C14H8Cl2FNO3/c15-9-6-10(16)11(17)5-8(9)13(19)18-12-4-2-1-3-7(12)14(20)21/h1-6H,(H,18,19)(H,20,21). The van der Waals surface area contributed by atoms with E-state index in [0.717, 1.165) is 12.1 Å². The van der Waals surface area contributed by atoms with Crippen LogP contribution in [0.5, 0.6) is 0 Å². The Labute approximate surface area is 129 Å². The molecular formula is C14H8Cl2FNO3. The molecule has 0 aromatic heterocycles. The van der Waals surface area contributed by atoms with Gasteiger partial charge in [-0.3, -0.25) is 4.79 Å². The molecule has 0 aliphatic carbocycles. The molecule has 2 aromatic carbocycles. The fraction of sp³-hybridized carbons (Fsp3) is 0. The molecule has 0 heterocycles. The quantitative estimate of drug-likeness (QED) is 0.834. The number of carboxylic acids is 1. The van der Waals surface area contributed by atoms with E-state index in [9.17, 15) is 14.0 Å². The Hall–Kier alpha value is -2.11. The lowest BCUT2D eigenvalue weighted by atomic mass is 10.1. The monoisotopic (exact) mass is 327 g/mol. The molecule has 2 rings (SSSR count). The van der Waals surface area contributed by atoms with Crippen LogP contribution in [0.4, 0.5) is 10.1 Å². The van der Waals surface area contributed by atoms with Gasteiger partial charge in [-0.1, -0.05) is 35.3 Å². The van der Waals surface area contributed by atoms with Crippen molar-refractivity contribution in [3.63, 3.8) is 0 Å². The van der Waals surface area contributed by atoms with Crippen LogP contribution in [0.15, 0.2) is 36.4 Å². The molecule has 0 aliphatic rings. The third kappa shape index (κ3) is 3.32. The first-order valence-corrected chi connectivity index (χ1v) is 6.44. The SMILES string of the molecule is O=C(Nc1ccccc1C(=O)O)c1cc(F)c(Cl)cc1Cl. The van der Waals surface area contributed by atoms with Crippen LogP contribution < -0.4 is 5.32 Å². The van der Waals surface area contributed by atoms with Gasteiger partial charge in [0, 0.05) is 0 Å². The van der Waals surface area contributed by atoms with Gasteiger partial charge < -0.3 is 10.4 Å². The minimum atomic E-state index is -1.20. The number of carbonyl (C=O) groups excluding carboxylic acids is 1. The van der Waals surface area contributed by atoms with Crippen molar-refractivity contribution in [2.24, 2.45) is 0 Å². The summed E-state index contributed by atoms with van der Waals surface area (Å²) in [6.07, 6.45) is 0. The number of halogens is 3. The summed E-state index contributed by atoms with van der Waals surface area (Å²) in [5.41, 5.74) is -0.142. The highest BCUT2D eigenvalue weighted by molar-refractivity contribution is 6.37. The minimum absolute atomic E-state index is 0.0355. The maximum absolute atomic E-state index is 13.4. The first kappa shape index (κ1) is 15.3. The first-order valence-electron chi connectivity index (χ1n) is 5.68. The van der Waals surface area contributed by atoms with E-state index in [0.29, 0.717) is 0 Å². The normalized spacial score (nSPS) is 10.2. The summed E-state index contributed by atoms with van der Waals surface area (Å²) < 4.78 is 13.4. The number of carboxylic acid groups (broad SMARTS) is 1. The number of hydrogen-bond acceptors (Lipinski definition) is 2. The average Bonchev–Trinajstić information content (AvgIpc) is 2.43. The van der Waals surface area contributed by atoms with Crippen LogP contribution in [-0.2, 0) is 0 Å². The number of hydrogen-bond donors (Lipinski definition) is 2. The zero-order chi connectivity index (χ0) is 15.6. The Morgan fingerprint density at radius 3 is 2.38 bits per heavy atom. The van der Waals surface area contributed by atoms with Crippen molar-refractivity contribution < 1.29 is 19.1 Å². The molecule has 0 aliphatic heterocycles. The van der Waals surface area contributed by atoms with E-state index in [1.54, 1.807) is 6.07 Å². The molecule has 0 saturated carbocycles. The summed E-state index contributed by atoms with van der Waals surface area (Å²) in [5.74, 6) is -2.72. The molecule has 1 amide bonds. The molecule has 4 nitrogen and oxygen atoms in total. The van der Waals surface area contributed by atoms with Crippen LogP contribution in [0.25, 0.3) is 0 Å². The molecule has 108 valence electrons. The molecule has 0 atom stereocenters. The number of amides is 1. The average molecular weight is 328 g/mol. The molecule has 0 bridgehead atoms. The van der Waals surface area contributed by atoms with Gasteiger partial charge in [-0.05, 0) is 24.3 Å². The number of anilines is 1. The summed E-state index contributed by atoms with van der Waals surface area (Å²) >= 11 is 11.4. The lowest BCUT2D eigenvalue weighted by Gasteiger charge is -2.09. The van der Waals surface area contributed by atoms with E-state index in [1.165, 1.54) is 18.2 Å². The van der Waals surface area contributed by atoms with Crippen molar-refractivity contribution in [1.82, 2.24) is 0 Å². The molecular weight excluding hydrogens is 320 g/mol. The van der Waals surface area contributed by atoms with Gasteiger partial charge in [-0.2, -0.15) is 0 Å². The second kappa shape index (κ2) is 6.11. The Kier molecular flexibility index (Phi) is 4.45. The van der Waals surface area contributed by atoms with Gasteiger partial charge in [0.2, 0.25) is 0 Å². The molecule has 0 spiro atoms. The van der Waals surface area contributed by atoms with Crippen LogP contribution in [0, 0.1) is 5.82 Å². The predicted molar refractivity (Wildman–Crippen MR) is 77.8 cm³/mol. The fourth-order valence-electron chi connectivity index (χ4n) is 1.66. The molecule has 0 fully saturated rings. The topological polar surface area (TPSA) is 66.4 Å². The predicted octanol–water partition coefficient (Wildman–Crippen LogP) is 4.08. The number of aromatic carboxylic acids is 1. The molecule has 0 saturated heterocycles. The van der Waals surface area contributed by atoms with Crippen LogP contribution in [0.1, 0.15) is 20.7 Å². The fourth-order valence-corrected chi connectivity index (χ4v) is 2.13. The smallest absolute Gasteiger partial charge is 0.337 e. The lowest BCUT2D eigenvalue weighted by molar-refractivity contribution is 0.0698. The van der Waals surface area contributed by atoms with E-state index < -0.39 is 17.7 Å². The molecule has 21 heavy (non-hydrogen) atoms. The second-order valence-electron chi connectivity index (χ2n) is 4.05. The van der Waals surface area contributed by atoms with E-state index in [4.69, 9.17) is 28.3 Å². The Balaban J connectivity index is 2.35. The van der Waals surface area contributed by atoms with Crippen LogP contribution >= 0.6 is 23.2 Å². The maximum Gasteiger partial charge on any atom is 0.337 e. The first-order chi connectivity index (χ1) is 9.90. The maximum atomic E-state index is 13.4. The number of nitrogens with one attached hydrogen (secondary N) is 1. The van der Waals surface area contributed by atoms with Crippen LogP contribution in [-0.4, -0.2) is 17.0 Å². The van der Waals surface area contributed by atoms with Gasteiger partial charge in [0.15, 0.2) is 0 Å². The highest BCUT2D eigenvalue weighted by atomic mass is 35.5. The molecule has 0 radical (unpaired) electrons. The lowest BCUT2D eigenvalue weighted by Crippen LogP contribution is -2.15. The van der Waals surface area contributed by atoms with Crippen molar-refractivity contribution in [1.29, 1.82) is 0 Å². The van der Waals surface area contributed by atoms with Crippen molar-refractivity contribution in [2.75, 3.05) is 5.32 Å². The minimum Gasteiger partial charge on any atom is -0.478 e. The van der Waals surface area contributed by atoms with Crippen LogP contribution in [0.2, 0.25) is 10.0 Å². The van der Waals surface area contributed by atoms with E-state index >= 15 is 0 Å². The van der Waals surface area contributed by atoms with E-state index in [1.807, 2.05) is 0 Å². The highest BCUT2D eigenvalue weighted by Gasteiger charge is 2.17. The molecule has 2 aromatic rings. The van der Waals surface area contributed by atoms with Crippen molar-refractivity contribution >= 4 is 40.8 Å². The molecule has 0 unspecified atom stereocenters. The summed E-state index contributed by atoms with van der Waals surface area (Å²) in [5, 5.41) is 11.2.